The molecule has 1 heterocycles. The molecule has 0 spiro atoms. The van der Waals surface area contributed by atoms with Crippen molar-refractivity contribution in [2.45, 2.75) is 46.1 Å². The molecule has 1 aliphatic heterocycles. The van der Waals surface area contributed by atoms with Crippen molar-refractivity contribution in [3.63, 3.8) is 0 Å². The van der Waals surface area contributed by atoms with E-state index in [1.807, 2.05) is 6.21 Å². The van der Waals surface area contributed by atoms with E-state index in [0.29, 0.717) is 5.41 Å². The normalized spacial score (nSPS) is 44.2. The second-order valence-electron chi connectivity index (χ2n) is 5.55. The van der Waals surface area contributed by atoms with E-state index in [9.17, 15) is 5.21 Å². The number of rotatable bonds is 0. The summed E-state index contributed by atoms with van der Waals surface area (Å²) in [5, 5.41) is 11.4. The molecule has 0 radical (unpaired) electrons. The predicted molar refractivity (Wildman–Crippen MR) is 49.2 cm³/mol. The maximum absolute atomic E-state index is 11.4. The smallest absolute Gasteiger partial charge is 0.164 e. The lowest BCUT2D eigenvalue weighted by molar-refractivity contribution is -0.492. The third-order valence-corrected chi connectivity index (χ3v) is 3.17. The van der Waals surface area contributed by atoms with Gasteiger partial charge in [-0.05, 0) is 11.8 Å². The molecule has 0 aromatic carbocycles. The molecule has 2 atom stereocenters. The van der Waals surface area contributed by atoms with Gasteiger partial charge in [0.05, 0.1) is 5.41 Å². The van der Waals surface area contributed by atoms with Crippen LogP contribution in [0, 0.1) is 16.0 Å². The van der Waals surface area contributed by atoms with Crippen molar-refractivity contribution in [1.29, 1.82) is 0 Å². The maximum atomic E-state index is 11.4. The molecule has 12 heavy (non-hydrogen) atoms. The Kier molecular flexibility index (Phi) is 1.37. The summed E-state index contributed by atoms with van der Waals surface area (Å²) < 4.78 is 1.19. The molecule has 0 amide bonds. The van der Waals surface area contributed by atoms with Crippen LogP contribution in [0.1, 0.15) is 40.0 Å². The van der Waals surface area contributed by atoms with Crippen LogP contribution in [0.3, 0.4) is 0 Å². The Morgan fingerprint density at radius 1 is 1.33 bits per heavy atom. The van der Waals surface area contributed by atoms with Crippen LogP contribution >= 0.6 is 0 Å². The van der Waals surface area contributed by atoms with Crippen molar-refractivity contribution in [2.75, 3.05) is 0 Å². The van der Waals surface area contributed by atoms with E-state index >= 15 is 0 Å². The number of nitrogens with zero attached hydrogens (tertiary/aromatic N) is 1. The van der Waals surface area contributed by atoms with Gasteiger partial charge in [0.1, 0.15) is 0 Å². The standard InChI is InChI=1S/C10H17NO/c1-9(2)4-8-5-10(3,6-9)7-11(8)12/h7-8H,4-6H2,1-3H3. The summed E-state index contributed by atoms with van der Waals surface area (Å²) in [6, 6.07) is 0.263. The second-order valence-corrected chi connectivity index (χ2v) is 5.55. The Labute approximate surface area is 73.9 Å². The highest BCUT2D eigenvalue weighted by Gasteiger charge is 2.49. The van der Waals surface area contributed by atoms with Gasteiger partial charge in [-0.2, -0.15) is 0 Å². The molecular weight excluding hydrogens is 150 g/mol. The molecule has 1 fully saturated rings. The number of hydrogen-bond acceptors (Lipinski definition) is 1. The van der Waals surface area contributed by atoms with E-state index < -0.39 is 0 Å². The highest BCUT2D eigenvalue weighted by atomic mass is 16.5. The quantitative estimate of drug-likeness (QED) is 0.401. The molecule has 2 nitrogen and oxygen atoms in total. The topological polar surface area (TPSA) is 26.1 Å². The first kappa shape index (κ1) is 8.09. The number of hydroxylamine groups is 1. The van der Waals surface area contributed by atoms with Crippen LogP contribution in [0.2, 0.25) is 0 Å². The Balaban J connectivity index is 2.29. The molecule has 2 heteroatoms. The summed E-state index contributed by atoms with van der Waals surface area (Å²) in [5.74, 6) is 0. The zero-order valence-corrected chi connectivity index (χ0v) is 8.13. The van der Waals surface area contributed by atoms with Gasteiger partial charge in [-0.3, -0.25) is 0 Å². The van der Waals surface area contributed by atoms with Gasteiger partial charge in [0.25, 0.3) is 0 Å². The summed E-state index contributed by atoms with van der Waals surface area (Å²) in [7, 11) is 0. The van der Waals surface area contributed by atoms with Crippen LogP contribution < -0.4 is 0 Å². The van der Waals surface area contributed by atoms with Crippen molar-refractivity contribution in [3.05, 3.63) is 5.21 Å². The van der Waals surface area contributed by atoms with Gasteiger partial charge in [-0.15, -0.1) is 0 Å². The Morgan fingerprint density at radius 2 is 2.00 bits per heavy atom. The summed E-state index contributed by atoms with van der Waals surface area (Å²) in [5.41, 5.74) is 0.543. The molecule has 0 saturated heterocycles. The monoisotopic (exact) mass is 167 g/mol. The lowest BCUT2D eigenvalue weighted by Crippen LogP contribution is -2.34. The molecular formula is C10H17NO. The fraction of sp³-hybridized carbons (Fsp3) is 0.900. The van der Waals surface area contributed by atoms with Crippen LogP contribution in [0.5, 0.6) is 0 Å². The van der Waals surface area contributed by atoms with Crippen LogP contribution in [-0.2, 0) is 0 Å². The molecule has 2 rings (SSSR count). The zero-order valence-electron chi connectivity index (χ0n) is 8.13. The van der Waals surface area contributed by atoms with Gasteiger partial charge < -0.3 is 5.21 Å². The summed E-state index contributed by atoms with van der Waals surface area (Å²) in [6.07, 6.45) is 5.18. The molecule has 0 N–H and O–H groups in total. The maximum Gasteiger partial charge on any atom is 0.164 e. The van der Waals surface area contributed by atoms with Crippen LogP contribution in [0.4, 0.5) is 0 Å². The minimum absolute atomic E-state index is 0.189. The Hall–Kier alpha value is -0.530. The van der Waals surface area contributed by atoms with E-state index in [-0.39, 0.29) is 11.5 Å². The fourth-order valence-electron chi connectivity index (χ4n) is 3.18. The molecule has 0 aromatic heterocycles. The van der Waals surface area contributed by atoms with Gasteiger partial charge in [-0.25, -0.2) is 4.74 Å². The average Bonchev–Trinajstić information content (AvgIpc) is 1.99. The first-order valence-corrected chi connectivity index (χ1v) is 4.72. The Morgan fingerprint density at radius 3 is 2.58 bits per heavy atom. The van der Waals surface area contributed by atoms with Gasteiger partial charge in [0, 0.05) is 12.8 Å². The number of fused-ring (bicyclic) bond motifs is 2. The van der Waals surface area contributed by atoms with Crippen LogP contribution in [0.15, 0.2) is 0 Å². The van der Waals surface area contributed by atoms with Gasteiger partial charge >= 0.3 is 0 Å². The minimum atomic E-state index is 0.189. The summed E-state index contributed by atoms with van der Waals surface area (Å²) in [6.45, 7) is 6.74. The highest BCUT2D eigenvalue weighted by Crippen LogP contribution is 2.48. The SMILES string of the molecule is CC1(C)CC2CC(C)(C=[N+]2[O-])C1. The van der Waals surface area contributed by atoms with Crippen molar-refractivity contribution >= 4 is 6.21 Å². The van der Waals surface area contributed by atoms with Crippen molar-refractivity contribution in [3.8, 4) is 0 Å². The predicted octanol–water partition coefficient (Wildman–Crippen LogP) is 2.17. The number of hydrogen-bond donors (Lipinski definition) is 0. The molecule has 2 unspecified atom stereocenters. The summed E-state index contributed by atoms with van der Waals surface area (Å²) in [4.78, 5) is 0. The molecule has 68 valence electrons. The van der Waals surface area contributed by atoms with Crippen molar-refractivity contribution in [1.82, 2.24) is 0 Å². The minimum Gasteiger partial charge on any atom is -0.624 e. The Bertz CT molecular complexity index is 244. The zero-order chi connectivity index (χ0) is 8.98. The third kappa shape index (κ3) is 1.13. The first-order valence-electron chi connectivity index (χ1n) is 4.72. The lowest BCUT2D eigenvalue weighted by atomic mass is 9.65. The van der Waals surface area contributed by atoms with E-state index in [2.05, 4.69) is 20.8 Å². The summed E-state index contributed by atoms with van der Waals surface area (Å²) >= 11 is 0. The lowest BCUT2D eigenvalue weighted by Gasteiger charge is -2.36. The molecule has 1 aliphatic carbocycles. The molecule has 2 aliphatic rings. The van der Waals surface area contributed by atoms with Gasteiger partial charge in [-0.1, -0.05) is 20.8 Å². The molecule has 1 saturated carbocycles. The average molecular weight is 167 g/mol. The highest BCUT2D eigenvalue weighted by molar-refractivity contribution is 5.62. The van der Waals surface area contributed by atoms with E-state index in [0.717, 1.165) is 19.3 Å². The van der Waals surface area contributed by atoms with Crippen molar-refractivity contribution in [2.24, 2.45) is 10.8 Å². The third-order valence-electron chi connectivity index (χ3n) is 3.17. The largest absolute Gasteiger partial charge is 0.624 e. The van der Waals surface area contributed by atoms with Gasteiger partial charge in [0.15, 0.2) is 12.3 Å². The van der Waals surface area contributed by atoms with Gasteiger partial charge in [0.2, 0.25) is 0 Å². The van der Waals surface area contributed by atoms with Crippen molar-refractivity contribution < 1.29 is 4.74 Å². The fourth-order valence-corrected chi connectivity index (χ4v) is 3.18. The van der Waals surface area contributed by atoms with E-state index in [1.165, 1.54) is 4.74 Å². The molecule has 2 bridgehead atoms. The van der Waals surface area contributed by atoms with E-state index in [4.69, 9.17) is 0 Å². The van der Waals surface area contributed by atoms with Crippen LogP contribution in [0.25, 0.3) is 0 Å². The van der Waals surface area contributed by atoms with E-state index in [1.54, 1.807) is 0 Å². The molecule has 0 aromatic rings. The van der Waals surface area contributed by atoms with Crippen LogP contribution in [-0.4, -0.2) is 17.0 Å². The first-order chi connectivity index (χ1) is 5.40. The second kappa shape index (κ2) is 2.04.